The van der Waals surface area contributed by atoms with Crippen LogP contribution in [-0.2, 0) is 20.8 Å². The molecule has 0 bridgehead atoms. The van der Waals surface area contributed by atoms with Crippen LogP contribution < -0.4 is 0 Å². The van der Waals surface area contributed by atoms with Gasteiger partial charge in [0.05, 0.1) is 25.4 Å². The molecule has 1 aromatic carbocycles. The summed E-state index contributed by atoms with van der Waals surface area (Å²) in [4.78, 5) is 13.9. The maximum absolute atomic E-state index is 11.8. The molecular formula is C17H25NO3. The highest BCUT2D eigenvalue weighted by atomic mass is 16.5. The lowest BCUT2D eigenvalue weighted by molar-refractivity contribution is -0.145. The van der Waals surface area contributed by atoms with E-state index in [0.29, 0.717) is 19.3 Å². The largest absolute Gasteiger partial charge is 0.465 e. The molecule has 0 saturated carbocycles. The number of nitrogens with zero attached hydrogens (tertiary/aromatic N) is 1. The fourth-order valence-corrected chi connectivity index (χ4v) is 2.72. The van der Waals surface area contributed by atoms with Crippen LogP contribution in [-0.4, -0.2) is 42.8 Å². The molecule has 1 aromatic rings. The molecule has 1 aliphatic heterocycles. The van der Waals surface area contributed by atoms with Gasteiger partial charge in [-0.1, -0.05) is 30.3 Å². The van der Waals surface area contributed by atoms with Gasteiger partial charge in [0.1, 0.15) is 0 Å². The molecule has 2 atom stereocenters. The molecule has 4 nitrogen and oxygen atoms in total. The van der Waals surface area contributed by atoms with Crippen LogP contribution in [0.2, 0.25) is 0 Å². The molecule has 0 aliphatic carbocycles. The Morgan fingerprint density at radius 1 is 1.33 bits per heavy atom. The first-order valence-corrected chi connectivity index (χ1v) is 7.74. The lowest BCUT2D eigenvalue weighted by atomic mass is 10.1. The fraction of sp³-hybridized carbons (Fsp3) is 0.588. The molecule has 1 fully saturated rings. The van der Waals surface area contributed by atoms with Gasteiger partial charge in [-0.05, 0) is 32.3 Å². The second-order valence-corrected chi connectivity index (χ2v) is 5.61. The first-order chi connectivity index (χ1) is 10.2. The van der Waals surface area contributed by atoms with Gasteiger partial charge < -0.3 is 9.47 Å². The van der Waals surface area contributed by atoms with Crippen LogP contribution >= 0.6 is 0 Å². The van der Waals surface area contributed by atoms with Gasteiger partial charge in [-0.25, -0.2) is 0 Å². The van der Waals surface area contributed by atoms with Crippen molar-refractivity contribution in [1.29, 1.82) is 0 Å². The molecule has 21 heavy (non-hydrogen) atoms. The number of hydrogen-bond donors (Lipinski definition) is 0. The van der Waals surface area contributed by atoms with Crippen molar-refractivity contribution in [3.63, 3.8) is 0 Å². The summed E-state index contributed by atoms with van der Waals surface area (Å²) in [5, 5.41) is 0. The summed E-state index contributed by atoms with van der Waals surface area (Å²) in [7, 11) is 0. The third-order valence-electron chi connectivity index (χ3n) is 3.69. The minimum Gasteiger partial charge on any atom is -0.465 e. The van der Waals surface area contributed by atoms with Gasteiger partial charge in [-0.2, -0.15) is 0 Å². The highest BCUT2D eigenvalue weighted by Gasteiger charge is 2.25. The third-order valence-corrected chi connectivity index (χ3v) is 3.69. The summed E-state index contributed by atoms with van der Waals surface area (Å²) in [5.74, 6) is -0.167. The molecule has 0 radical (unpaired) electrons. The van der Waals surface area contributed by atoms with E-state index in [1.807, 2.05) is 25.1 Å². The minimum absolute atomic E-state index is 0.167. The van der Waals surface area contributed by atoms with E-state index in [1.54, 1.807) is 0 Å². The second-order valence-electron chi connectivity index (χ2n) is 5.61. The topological polar surface area (TPSA) is 38.8 Å². The van der Waals surface area contributed by atoms with Gasteiger partial charge in [0.25, 0.3) is 0 Å². The molecule has 0 aromatic heterocycles. The predicted octanol–water partition coefficient (Wildman–Crippen LogP) is 2.62. The van der Waals surface area contributed by atoms with E-state index in [4.69, 9.17) is 9.47 Å². The van der Waals surface area contributed by atoms with Crippen LogP contribution in [0.5, 0.6) is 0 Å². The van der Waals surface area contributed by atoms with E-state index >= 15 is 0 Å². The molecule has 0 N–H and O–H groups in total. The monoisotopic (exact) mass is 291 g/mol. The molecular weight excluding hydrogens is 266 g/mol. The zero-order valence-corrected chi connectivity index (χ0v) is 13.0. The van der Waals surface area contributed by atoms with Crippen molar-refractivity contribution in [3.05, 3.63) is 35.9 Å². The number of carbonyl (C=O) groups is 1. The van der Waals surface area contributed by atoms with Crippen LogP contribution in [0.15, 0.2) is 30.3 Å². The van der Waals surface area contributed by atoms with Gasteiger partial charge in [0.15, 0.2) is 0 Å². The Bertz CT molecular complexity index is 435. The second kappa shape index (κ2) is 8.15. The van der Waals surface area contributed by atoms with Crippen LogP contribution in [0.4, 0.5) is 0 Å². The summed E-state index contributed by atoms with van der Waals surface area (Å²) in [6, 6.07) is 10.2. The summed E-state index contributed by atoms with van der Waals surface area (Å²) in [6.45, 7) is 6.20. The zero-order valence-electron chi connectivity index (χ0n) is 13.0. The van der Waals surface area contributed by atoms with E-state index < -0.39 is 0 Å². The number of carbonyl (C=O) groups excluding carboxylic acids is 1. The van der Waals surface area contributed by atoms with E-state index in [1.165, 1.54) is 5.56 Å². The quantitative estimate of drug-likeness (QED) is 0.724. The number of hydrogen-bond acceptors (Lipinski definition) is 4. The Labute approximate surface area is 127 Å². The average molecular weight is 291 g/mol. The average Bonchev–Trinajstić information content (AvgIpc) is 2.85. The first-order valence-electron chi connectivity index (χ1n) is 7.74. The minimum atomic E-state index is -0.167. The normalized spacial score (nSPS) is 21.7. The summed E-state index contributed by atoms with van der Waals surface area (Å²) >= 11 is 0. The molecule has 2 unspecified atom stereocenters. The molecule has 1 aliphatic rings. The summed E-state index contributed by atoms with van der Waals surface area (Å²) < 4.78 is 11.0. The lowest BCUT2D eigenvalue weighted by Gasteiger charge is -2.24. The van der Waals surface area contributed by atoms with Gasteiger partial charge in [-0.15, -0.1) is 0 Å². The highest BCUT2D eigenvalue weighted by molar-refractivity contribution is 5.71. The SMILES string of the molecule is CCOC(=O)CN(Cc1ccccc1)CC1CCC(C)O1. The summed E-state index contributed by atoms with van der Waals surface area (Å²) in [6.07, 6.45) is 2.72. The van der Waals surface area contributed by atoms with Gasteiger partial charge in [0.2, 0.25) is 0 Å². The van der Waals surface area contributed by atoms with E-state index in [2.05, 4.69) is 24.0 Å². The highest BCUT2D eigenvalue weighted by Crippen LogP contribution is 2.20. The van der Waals surface area contributed by atoms with Crippen molar-refractivity contribution >= 4 is 5.97 Å². The van der Waals surface area contributed by atoms with Crippen LogP contribution in [0.1, 0.15) is 32.3 Å². The van der Waals surface area contributed by atoms with Crippen molar-refractivity contribution < 1.29 is 14.3 Å². The number of ether oxygens (including phenoxy) is 2. The number of benzene rings is 1. The molecule has 0 amide bonds. The standard InChI is InChI=1S/C17H25NO3/c1-3-20-17(19)13-18(11-15-7-5-4-6-8-15)12-16-10-9-14(2)21-16/h4-8,14,16H,3,9-13H2,1-2H3. The molecule has 116 valence electrons. The lowest BCUT2D eigenvalue weighted by Crippen LogP contribution is -2.36. The maximum atomic E-state index is 11.8. The van der Waals surface area contributed by atoms with Gasteiger partial charge in [-0.3, -0.25) is 9.69 Å². The number of esters is 1. The smallest absolute Gasteiger partial charge is 0.320 e. The van der Waals surface area contributed by atoms with Gasteiger partial charge >= 0.3 is 5.97 Å². The Morgan fingerprint density at radius 3 is 2.71 bits per heavy atom. The molecule has 2 rings (SSSR count). The van der Waals surface area contributed by atoms with Crippen molar-refractivity contribution in [2.45, 2.75) is 45.4 Å². The summed E-state index contributed by atoms with van der Waals surface area (Å²) in [5.41, 5.74) is 1.20. The van der Waals surface area contributed by atoms with E-state index in [9.17, 15) is 4.79 Å². The van der Waals surface area contributed by atoms with Crippen molar-refractivity contribution in [3.8, 4) is 0 Å². The Kier molecular flexibility index (Phi) is 6.21. The van der Waals surface area contributed by atoms with Crippen LogP contribution in [0.3, 0.4) is 0 Å². The zero-order chi connectivity index (χ0) is 15.1. The first kappa shape index (κ1) is 16.0. The maximum Gasteiger partial charge on any atom is 0.320 e. The van der Waals surface area contributed by atoms with Crippen molar-refractivity contribution in [2.75, 3.05) is 19.7 Å². The number of rotatable bonds is 7. The molecule has 0 spiro atoms. The molecule has 4 heteroatoms. The van der Waals surface area contributed by atoms with Crippen LogP contribution in [0, 0.1) is 0 Å². The van der Waals surface area contributed by atoms with Gasteiger partial charge in [0, 0.05) is 13.1 Å². The van der Waals surface area contributed by atoms with E-state index in [0.717, 1.165) is 25.9 Å². The Hall–Kier alpha value is -1.39. The Morgan fingerprint density at radius 2 is 2.10 bits per heavy atom. The fourth-order valence-electron chi connectivity index (χ4n) is 2.72. The Balaban J connectivity index is 1.94. The third kappa shape index (κ3) is 5.48. The van der Waals surface area contributed by atoms with E-state index in [-0.39, 0.29) is 12.1 Å². The van der Waals surface area contributed by atoms with Crippen molar-refractivity contribution in [2.24, 2.45) is 0 Å². The van der Waals surface area contributed by atoms with Crippen LogP contribution in [0.25, 0.3) is 0 Å². The predicted molar refractivity (Wildman–Crippen MR) is 81.9 cm³/mol. The van der Waals surface area contributed by atoms with Crippen molar-refractivity contribution in [1.82, 2.24) is 4.90 Å². The molecule has 1 saturated heterocycles. The molecule has 1 heterocycles.